The molecule has 5 aliphatic rings. The lowest BCUT2D eigenvalue weighted by atomic mass is 9.47. The van der Waals surface area contributed by atoms with Crippen molar-refractivity contribution >= 4 is 11.6 Å². The molecule has 4 saturated carbocycles. The highest BCUT2D eigenvalue weighted by atomic mass is 19.3. The van der Waals surface area contributed by atoms with Crippen molar-refractivity contribution in [1.82, 2.24) is 14.8 Å². The van der Waals surface area contributed by atoms with Crippen LogP contribution in [0, 0.1) is 17.7 Å². The van der Waals surface area contributed by atoms with Gasteiger partial charge in [0, 0.05) is 56.2 Å². The van der Waals surface area contributed by atoms with Crippen molar-refractivity contribution in [2.45, 2.75) is 55.9 Å². The number of aromatic nitrogens is 1. The smallest absolute Gasteiger partial charge is 0.266 e. The molecule has 2 heterocycles. The first-order valence-electron chi connectivity index (χ1n) is 12.3. The topological polar surface area (TPSA) is 66.4 Å². The van der Waals surface area contributed by atoms with Crippen LogP contribution in [0.1, 0.15) is 60.1 Å². The van der Waals surface area contributed by atoms with Gasteiger partial charge in [0.1, 0.15) is 11.5 Å². The number of halogens is 4. The summed E-state index contributed by atoms with van der Waals surface area (Å²) in [6.45, 7) is 3.38. The zero-order valence-electron chi connectivity index (χ0n) is 20.0. The maximum atomic E-state index is 14.7. The summed E-state index contributed by atoms with van der Waals surface area (Å²) >= 11 is 0. The number of alkyl halides is 3. The average Bonchev–Trinajstić information content (AvgIpc) is 3.21. The van der Waals surface area contributed by atoms with Gasteiger partial charge in [0.05, 0.1) is 28.4 Å². The minimum Gasteiger partial charge on any atom is -0.381 e. The van der Waals surface area contributed by atoms with Gasteiger partial charge in [-0.2, -0.15) is 0 Å². The van der Waals surface area contributed by atoms with Crippen LogP contribution in [-0.2, 0) is 5.54 Å². The molecule has 1 saturated heterocycles. The van der Waals surface area contributed by atoms with E-state index in [-0.39, 0.29) is 42.0 Å². The van der Waals surface area contributed by atoms with Crippen LogP contribution < -0.4 is 16.2 Å². The summed E-state index contributed by atoms with van der Waals surface area (Å²) in [6, 6.07) is 4.33. The predicted molar refractivity (Wildman–Crippen MR) is 125 cm³/mol. The third kappa shape index (κ3) is 3.55. The predicted octanol–water partition coefficient (Wildman–Crippen LogP) is 3.99. The van der Waals surface area contributed by atoms with E-state index in [1.54, 1.807) is 0 Å². The summed E-state index contributed by atoms with van der Waals surface area (Å²) < 4.78 is 56.7. The number of pyridine rings is 1. The Hall–Kier alpha value is -2.88. The van der Waals surface area contributed by atoms with Crippen molar-refractivity contribution < 1.29 is 22.4 Å². The molecule has 1 aromatic carbocycles. The van der Waals surface area contributed by atoms with Crippen LogP contribution in [0.5, 0.6) is 0 Å². The fourth-order valence-corrected chi connectivity index (χ4v) is 6.63. The van der Waals surface area contributed by atoms with Crippen LogP contribution in [0.25, 0.3) is 0 Å². The molecule has 7 rings (SSSR count). The first-order valence-corrected chi connectivity index (χ1v) is 12.3. The standard InChI is InChI=1S/C26H28F4N4O2/c1-13(14-4-3-5-15(21(14)27)23(28)29)31-24(36)18-9-34(26-10-25(30,11-26)12-26)20(35)6-19(18)32-22-16-7-33(2)8-17(16)22/h3-6,9,13,16-17,22-23,32H,7-8,10-12H2,1-2H3,(H,31,36)/t13-,16-,17+,22?,25?,26?/m1/s1. The number of carbonyl (C=O) groups is 1. The Labute approximate surface area is 205 Å². The number of hydrogen-bond donors (Lipinski definition) is 2. The van der Waals surface area contributed by atoms with Crippen molar-refractivity contribution in [3.63, 3.8) is 0 Å². The fraction of sp³-hybridized carbons (Fsp3) is 0.538. The van der Waals surface area contributed by atoms with Gasteiger partial charge in [-0.3, -0.25) is 9.59 Å². The van der Waals surface area contributed by atoms with Gasteiger partial charge in [0.2, 0.25) is 0 Å². The first-order chi connectivity index (χ1) is 17.0. The first kappa shape index (κ1) is 23.5. The second kappa shape index (κ2) is 7.81. The largest absolute Gasteiger partial charge is 0.381 e. The van der Waals surface area contributed by atoms with E-state index in [4.69, 9.17) is 0 Å². The van der Waals surface area contributed by atoms with Crippen molar-refractivity contribution in [1.29, 1.82) is 0 Å². The molecule has 1 unspecified atom stereocenters. The van der Waals surface area contributed by atoms with Crippen LogP contribution in [-0.4, -0.2) is 47.2 Å². The monoisotopic (exact) mass is 504 g/mol. The molecule has 6 nitrogen and oxygen atoms in total. The fourth-order valence-electron chi connectivity index (χ4n) is 6.63. The third-order valence-electron chi connectivity index (χ3n) is 8.55. The lowest BCUT2D eigenvalue weighted by Gasteiger charge is -2.66. The van der Waals surface area contributed by atoms with Crippen LogP contribution in [0.2, 0.25) is 0 Å². The van der Waals surface area contributed by atoms with Gasteiger partial charge in [0.25, 0.3) is 17.9 Å². The minimum absolute atomic E-state index is 0.0532. The molecule has 192 valence electrons. The van der Waals surface area contributed by atoms with Gasteiger partial charge in [-0.25, -0.2) is 17.6 Å². The lowest BCUT2D eigenvalue weighted by Crippen LogP contribution is -2.71. The van der Waals surface area contributed by atoms with E-state index in [2.05, 4.69) is 15.5 Å². The molecular formula is C26H28F4N4O2. The number of hydrogen-bond acceptors (Lipinski definition) is 4. The van der Waals surface area contributed by atoms with Gasteiger partial charge in [-0.1, -0.05) is 18.2 Å². The number of nitrogens with zero attached hydrogens (tertiary/aromatic N) is 2. The number of rotatable bonds is 7. The molecule has 1 amide bonds. The Morgan fingerprint density at radius 2 is 1.78 bits per heavy atom. The summed E-state index contributed by atoms with van der Waals surface area (Å²) in [5.74, 6) is -0.754. The number of anilines is 1. The van der Waals surface area contributed by atoms with Crippen LogP contribution in [0.15, 0.2) is 35.3 Å². The molecule has 4 atom stereocenters. The highest BCUT2D eigenvalue weighted by Gasteiger charge is 2.70. The van der Waals surface area contributed by atoms with Crippen molar-refractivity contribution in [3.05, 3.63) is 63.3 Å². The molecule has 2 aromatic rings. The van der Waals surface area contributed by atoms with E-state index < -0.39 is 41.0 Å². The Morgan fingerprint density at radius 3 is 2.39 bits per heavy atom. The Balaban J connectivity index is 1.29. The second-order valence-corrected chi connectivity index (χ2v) is 11.2. The number of carbonyl (C=O) groups excluding carboxylic acids is 1. The van der Waals surface area contributed by atoms with Crippen molar-refractivity contribution in [2.75, 3.05) is 25.5 Å². The van der Waals surface area contributed by atoms with Crippen molar-refractivity contribution in [3.8, 4) is 0 Å². The normalized spacial score (nSPS) is 32.9. The molecule has 4 aliphatic carbocycles. The summed E-state index contributed by atoms with van der Waals surface area (Å²) in [6.07, 6.45) is -0.767. The zero-order chi connectivity index (χ0) is 25.6. The molecular weight excluding hydrogens is 476 g/mol. The molecule has 0 spiro atoms. The minimum atomic E-state index is -2.98. The summed E-state index contributed by atoms with van der Waals surface area (Å²) in [5, 5.41) is 6.07. The number of likely N-dealkylation sites (tertiary alicyclic amines) is 1. The van der Waals surface area contributed by atoms with Crippen LogP contribution in [0.3, 0.4) is 0 Å². The number of benzene rings is 1. The Kier molecular flexibility index (Phi) is 5.10. The molecule has 1 aliphatic heterocycles. The molecule has 5 fully saturated rings. The van der Waals surface area contributed by atoms with Gasteiger partial charge in [-0.15, -0.1) is 0 Å². The molecule has 10 heteroatoms. The van der Waals surface area contributed by atoms with Crippen LogP contribution >= 0.6 is 0 Å². The van der Waals surface area contributed by atoms with E-state index in [0.717, 1.165) is 19.2 Å². The number of nitrogens with one attached hydrogen (secondary N) is 2. The quantitative estimate of drug-likeness (QED) is 0.560. The van der Waals surface area contributed by atoms with E-state index in [1.165, 1.54) is 35.9 Å². The van der Waals surface area contributed by atoms with Crippen molar-refractivity contribution in [2.24, 2.45) is 11.8 Å². The highest BCUT2D eigenvalue weighted by Crippen LogP contribution is 2.67. The number of fused-ring (bicyclic) bond motifs is 1. The molecule has 2 bridgehead atoms. The van der Waals surface area contributed by atoms with Crippen LogP contribution in [0.4, 0.5) is 23.2 Å². The molecule has 1 aromatic heterocycles. The number of amides is 1. The van der Waals surface area contributed by atoms with Gasteiger partial charge in [-0.05, 0) is 25.8 Å². The molecule has 0 radical (unpaired) electrons. The zero-order valence-corrected chi connectivity index (χ0v) is 20.0. The van der Waals surface area contributed by atoms with E-state index in [9.17, 15) is 27.2 Å². The summed E-state index contributed by atoms with van der Waals surface area (Å²) in [7, 11) is 2.05. The van der Waals surface area contributed by atoms with Gasteiger partial charge >= 0.3 is 0 Å². The molecule has 2 N–H and O–H groups in total. The maximum Gasteiger partial charge on any atom is 0.266 e. The summed E-state index contributed by atoms with van der Waals surface area (Å²) in [5.41, 5.74) is -2.34. The SMILES string of the molecule is C[C@@H](NC(=O)c1cn(C23CC(F)(C2)C3)c(=O)cc1NC1[C@H]2CN(C)C[C@@H]12)c1cccc(C(F)F)c1F. The maximum absolute atomic E-state index is 14.7. The van der Waals surface area contributed by atoms with E-state index in [1.807, 2.05) is 7.05 Å². The van der Waals surface area contributed by atoms with E-state index >= 15 is 0 Å². The van der Waals surface area contributed by atoms with Gasteiger partial charge in [0.15, 0.2) is 0 Å². The Bertz CT molecular complexity index is 1280. The second-order valence-electron chi connectivity index (χ2n) is 11.2. The Morgan fingerprint density at radius 1 is 1.14 bits per heavy atom. The highest BCUT2D eigenvalue weighted by molar-refractivity contribution is 5.99. The average molecular weight is 505 g/mol. The van der Waals surface area contributed by atoms with E-state index in [0.29, 0.717) is 17.5 Å². The third-order valence-corrected chi connectivity index (χ3v) is 8.55. The number of piperidine rings is 1. The molecule has 36 heavy (non-hydrogen) atoms. The lowest BCUT2D eigenvalue weighted by molar-refractivity contribution is -0.199. The summed E-state index contributed by atoms with van der Waals surface area (Å²) in [4.78, 5) is 28.7. The van der Waals surface area contributed by atoms with Gasteiger partial charge < -0.3 is 20.1 Å².